The number of nitrogens with zero attached hydrogens (tertiary/aromatic N) is 2. The molecular weight excluding hydrogens is 563 g/mol. The van der Waals surface area contributed by atoms with Gasteiger partial charge in [0, 0.05) is 37.0 Å². The van der Waals surface area contributed by atoms with Gasteiger partial charge in [-0.3, -0.25) is 19.2 Å². The van der Waals surface area contributed by atoms with Crippen LogP contribution in [-0.4, -0.2) is 122 Å². The predicted molar refractivity (Wildman–Crippen MR) is 140 cm³/mol. The van der Waals surface area contributed by atoms with Crippen molar-refractivity contribution in [3.05, 3.63) is 0 Å². The van der Waals surface area contributed by atoms with Crippen LogP contribution in [0.25, 0.3) is 0 Å². The number of rotatable bonds is 14. The molecule has 0 aliphatic heterocycles. The van der Waals surface area contributed by atoms with E-state index < -0.39 is 23.9 Å². The Morgan fingerprint density at radius 1 is 0.571 bits per heavy atom. The normalized spacial score (nSPS) is 9.20. The first-order valence-corrected chi connectivity index (χ1v) is 11.9. The van der Waals surface area contributed by atoms with Crippen LogP contribution in [0.15, 0.2) is 0 Å². The third-order valence-corrected chi connectivity index (χ3v) is 3.69. The molecule has 35 heavy (non-hydrogen) atoms. The number of hydrogen-bond donors (Lipinski definition) is 2. The smallest absolute Gasteiger partial charge is 0.306 e. The number of carboxylic acids is 2. The third kappa shape index (κ3) is 59.8. The van der Waals surface area contributed by atoms with Crippen molar-refractivity contribution in [3.63, 3.8) is 0 Å². The van der Waals surface area contributed by atoms with Crippen molar-refractivity contribution in [2.45, 2.75) is 79.1 Å². The summed E-state index contributed by atoms with van der Waals surface area (Å²) in [7, 11) is 7.46. The summed E-state index contributed by atoms with van der Waals surface area (Å²) in [5.74, 6) is -2.87. The van der Waals surface area contributed by atoms with E-state index in [-0.39, 0.29) is 49.6 Å². The van der Waals surface area contributed by atoms with Gasteiger partial charge >= 0.3 is 23.9 Å². The number of carboxylic acid groups (broad SMARTS) is 2. The van der Waals surface area contributed by atoms with Crippen molar-refractivity contribution < 1.29 is 38.9 Å². The van der Waals surface area contributed by atoms with Crippen LogP contribution in [-0.2, 0) is 28.7 Å². The zero-order chi connectivity index (χ0) is 27.4. The molecular formula is C24H50N2O8Sn. The van der Waals surface area contributed by atoms with Gasteiger partial charge in [0.1, 0.15) is 13.2 Å². The van der Waals surface area contributed by atoms with Gasteiger partial charge in [-0.2, -0.15) is 0 Å². The van der Waals surface area contributed by atoms with E-state index in [1.165, 1.54) is 25.7 Å². The fourth-order valence-electron chi connectivity index (χ4n) is 1.25. The van der Waals surface area contributed by atoms with Crippen molar-refractivity contribution >= 4 is 47.8 Å². The monoisotopic (exact) mass is 614 g/mol. The van der Waals surface area contributed by atoms with Gasteiger partial charge < -0.3 is 29.5 Å². The van der Waals surface area contributed by atoms with Crippen LogP contribution in [0.2, 0.25) is 0 Å². The molecule has 0 unspecified atom stereocenters. The Morgan fingerprint density at radius 2 is 0.829 bits per heavy atom. The Labute approximate surface area is 229 Å². The number of hydrogen-bond acceptors (Lipinski definition) is 8. The molecule has 0 atom stereocenters. The van der Waals surface area contributed by atoms with Gasteiger partial charge in [0.05, 0.1) is 25.7 Å². The maximum Gasteiger partial charge on any atom is 0.306 e. The minimum Gasteiger partial charge on any atom is -0.481 e. The molecule has 0 aliphatic carbocycles. The number of likely N-dealkylation sites (N-methyl/N-ethyl adjacent to an activating group) is 2. The molecule has 0 amide bonds. The van der Waals surface area contributed by atoms with Crippen molar-refractivity contribution in [3.8, 4) is 0 Å². The zero-order valence-electron chi connectivity index (χ0n) is 23.2. The standard InChI is InChI=1S/2C8H15NO4.2C4H10.Sn/c2*1-9(2)5-6-13-8(12)4-3-7(10)11;2*1-3-4-2;/h2*3-6H2,1-2H3,(H,10,11);2*3-4H2,1-2H3;. The van der Waals surface area contributed by atoms with Gasteiger partial charge in [-0.25, -0.2) is 0 Å². The molecule has 10 nitrogen and oxygen atoms in total. The molecule has 0 spiro atoms. The Hall–Kier alpha value is -1.40. The number of carbonyl (C=O) groups is 4. The molecule has 0 aromatic carbocycles. The van der Waals surface area contributed by atoms with E-state index in [0.717, 1.165) is 0 Å². The number of carbonyl (C=O) groups excluding carboxylic acids is 2. The van der Waals surface area contributed by atoms with Crippen LogP contribution in [0.3, 0.4) is 0 Å². The first-order chi connectivity index (χ1) is 15.9. The van der Waals surface area contributed by atoms with Gasteiger partial charge in [-0.1, -0.05) is 53.4 Å². The quantitative estimate of drug-likeness (QED) is 0.222. The summed E-state index contributed by atoms with van der Waals surface area (Å²) >= 11 is 0. The molecule has 0 fully saturated rings. The Balaban J connectivity index is -0.000000128. The molecule has 0 aromatic rings. The van der Waals surface area contributed by atoms with Crippen LogP contribution in [0.4, 0.5) is 0 Å². The van der Waals surface area contributed by atoms with E-state index in [0.29, 0.717) is 26.3 Å². The largest absolute Gasteiger partial charge is 0.481 e. The Morgan fingerprint density at radius 3 is 1.00 bits per heavy atom. The third-order valence-electron chi connectivity index (χ3n) is 3.69. The molecule has 0 heterocycles. The van der Waals surface area contributed by atoms with Gasteiger partial charge in [0.15, 0.2) is 0 Å². The molecule has 0 aliphatic rings. The summed E-state index contributed by atoms with van der Waals surface area (Å²) in [6.45, 7) is 10.6. The number of esters is 2. The van der Waals surface area contributed by atoms with Gasteiger partial charge in [-0.15, -0.1) is 0 Å². The second kappa shape index (κ2) is 34.8. The van der Waals surface area contributed by atoms with Gasteiger partial charge in [0.2, 0.25) is 0 Å². The SMILES string of the molecule is CCCC.CCCC.CN(C)CCOC(=O)CCC(=O)O.CN(C)CCOC(=O)CCC(=O)O.[Sn]. The van der Waals surface area contributed by atoms with Crippen molar-refractivity contribution in [1.29, 1.82) is 0 Å². The summed E-state index contributed by atoms with van der Waals surface area (Å²) in [4.78, 5) is 45.5. The minimum absolute atomic E-state index is 0. The average Bonchev–Trinajstić information content (AvgIpc) is 2.76. The summed E-state index contributed by atoms with van der Waals surface area (Å²) in [6, 6.07) is 0. The summed E-state index contributed by atoms with van der Waals surface area (Å²) < 4.78 is 9.52. The van der Waals surface area contributed by atoms with E-state index in [1.54, 1.807) is 0 Å². The molecule has 0 saturated heterocycles. The van der Waals surface area contributed by atoms with E-state index in [1.807, 2.05) is 38.0 Å². The predicted octanol–water partition coefficient (Wildman–Crippen LogP) is 3.14. The molecule has 11 heteroatoms. The van der Waals surface area contributed by atoms with Crippen LogP contribution in [0, 0.1) is 0 Å². The summed E-state index contributed by atoms with van der Waals surface area (Å²) in [5.41, 5.74) is 0. The van der Waals surface area contributed by atoms with E-state index in [9.17, 15) is 19.2 Å². The molecule has 0 aromatic heterocycles. The topological polar surface area (TPSA) is 134 Å². The molecule has 4 radical (unpaired) electrons. The first-order valence-electron chi connectivity index (χ1n) is 11.9. The van der Waals surface area contributed by atoms with E-state index in [4.69, 9.17) is 19.7 Å². The summed E-state index contributed by atoms with van der Waals surface area (Å²) in [5, 5.41) is 16.5. The first kappa shape index (κ1) is 43.7. The second-order valence-electron chi connectivity index (χ2n) is 7.83. The van der Waals surface area contributed by atoms with Crippen LogP contribution >= 0.6 is 0 Å². The van der Waals surface area contributed by atoms with Crippen molar-refractivity contribution in [2.24, 2.45) is 0 Å². The minimum atomic E-state index is -0.982. The maximum absolute atomic E-state index is 10.8. The van der Waals surface area contributed by atoms with Crippen molar-refractivity contribution in [2.75, 3.05) is 54.5 Å². The number of aliphatic carboxylic acids is 2. The van der Waals surface area contributed by atoms with Gasteiger partial charge in [0.25, 0.3) is 0 Å². The van der Waals surface area contributed by atoms with E-state index in [2.05, 4.69) is 27.7 Å². The molecule has 2 N–H and O–H groups in total. The molecule has 0 saturated carbocycles. The molecule has 208 valence electrons. The fourth-order valence-corrected chi connectivity index (χ4v) is 1.25. The van der Waals surface area contributed by atoms with Crippen LogP contribution in [0.5, 0.6) is 0 Å². The number of unbranched alkanes of at least 4 members (excludes halogenated alkanes) is 2. The summed E-state index contributed by atoms with van der Waals surface area (Å²) in [6.07, 6.45) is 4.84. The number of ether oxygens (including phenoxy) is 2. The zero-order valence-corrected chi connectivity index (χ0v) is 26.1. The Kier molecular flexibility index (Phi) is 43.4. The van der Waals surface area contributed by atoms with Gasteiger partial charge in [-0.05, 0) is 28.2 Å². The maximum atomic E-state index is 10.8. The van der Waals surface area contributed by atoms with E-state index >= 15 is 0 Å². The van der Waals surface area contributed by atoms with Crippen molar-refractivity contribution in [1.82, 2.24) is 9.80 Å². The fraction of sp³-hybridized carbons (Fsp3) is 0.833. The average molecular weight is 613 g/mol. The van der Waals surface area contributed by atoms with Crippen LogP contribution < -0.4 is 0 Å². The Bertz CT molecular complexity index is 456. The second-order valence-corrected chi connectivity index (χ2v) is 7.83. The molecule has 0 bridgehead atoms. The van der Waals surface area contributed by atoms with Crippen LogP contribution in [0.1, 0.15) is 79.1 Å². The molecule has 0 rings (SSSR count).